The van der Waals surface area contributed by atoms with Crippen LogP contribution >= 0.6 is 0 Å². The maximum Gasteiger partial charge on any atom is 0.320 e. The summed E-state index contributed by atoms with van der Waals surface area (Å²) in [5, 5.41) is 9.82. The molecule has 0 spiro atoms. The molecule has 2 unspecified atom stereocenters. The quantitative estimate of drug-likeness (QED) is 0.757. The minimum absolute atomic E-state index is 0.138. The van der Waals surface area contributed by atoms with E-state index in [1.54, 1.807) is 38.5 Å². The predicted octanol–water partition coefficient (Wildman–Crippen LogP) is 3.88. The number of hydrogen-bond donors (Lipinski definition) is 1. The molecule has 1 aliphatic heterocycles. The van der Waals surface area contributed by atoms with Gasteiger partial charge >= 0.3 is 5.97 Å². The normalized spacial score (nSPS) is 18.1. The number of piperidine rings is 1. The Bertz CT molecular complexity index is 872. The third-order valence-electron chi connectivity index (χ3n) is 5.38. The van der Waals surface area contributed by atoms with Gasteiger partial charge in [0.1, 0.15) is 17.5 Å². The monoisotopic (exact) mass is 403 g/mol. The summed E-state index contributed by atoms with van der Waals surface area (Å²) >= 11 is 0. The SMILES string of the molecule is COc1ccc(OC)c(C(c2ccc(OC)c(F)c2)N2CCCCC2C(=O)O)c1. The fourth-order valence-corrected chi connectivity index (χ4v) is 3.98. The predicted molar refractivity (Wildman–Crippen MR) is 106 cm³/mol. The molecule has 2 aromatic rings. The second kappa shape index (κ2) is 9.13. The number of rotatable bonds is 7. The molecule has 1 fully saturated rings. The average Bonchev–Trinajstić information content (AvgIpc) is 2.74. The van der Waals surface area contributed by atoms with E-state index in [9.17, 15) is 14.3 Å². The first-order valence-corrected chi connectivity index (χ1v) is 9.54. The molecule has 0 radical (unpaired) electrons. The van der Waals surface area contributed by atoms with Crippen molar-refractivity contribution < 1.29 is 28.5 Å². The topological polar surface area (TPSA) is 68.2 Å². The van der Waals surface area contributed by atoms with Crippen molar-refractivity contribution in [3.8, 4) is 17.2 Å². The van der Waals surface area contributed by atoms with Gasteiger partial charge in [0.2, 0.25) is 0 Å². The van der Waals surface area contributed by atoms with Crippen LogP contribution in [0.5, 0.6) is 17.2 Å². The molecule has 0 saturated carbocycles. The summed E-state index contributed by atoms with van der Waals surface area (Å²) < 4.78 is 30.5. The number of carboxylic acids is 1. The highest BCUT2D eigenvalue weighted by atomic mass is 19.1. The summed E-state index contributed by atoms with van der Waals surface area (Å²) in [5.41, 5.74) is 1.35. The number of nitrogens with zero attached hydrogens (tertiary/aromatic N) is 1. The minimum atomic E-state index is -0.884. The minimum Gasteiger partial charge on any atom is -0.497 e. The van der Waals surface area contributed by atoms with Crippen LogP contribution in [-0.2, 0) is 4.79 Å². The van der Waals surface area contributed by atoms with Crippen molar-refractivity contribution in [3.63, 3.8) is 0 Å². The maximum absolute atomic E-state index is 14.6. The van der Waals surface area contributed by atoms with Gasteiger partial charge in [-0.1, -0.05) is 12.5 Å². The van der Waals surface area contributed by atoms with Crippen LogP contribution < -0.4 is 14.2 Å². The molecule has 3 rings (SSSR count). The van der Waals surface area contributed by atoms with Gasteiger partial charge in [-0.25, -0.2) is 4.39 Å². The molecule has 0 aliphatic carbocycles. The van der Waals surface area contributed by atoms with E-state index in [-0.39, 0.29) is 5.75 Å². The van der Waals surface area contributed by atoms with Gasteiger partial charge in [0.15, 0.2) is 11.6 Å². The van der Waals surface area contributed by atoms with Gasteiger partial charge in [0.25, 0.3) is 0 Å². The van der Waals surface area contributed by atoms with Gasteiger partial charge in [-0.15, -0.1) is 0 Å². The fourth-order valence-electron chi connectivity index (χ4n) is 3.98. The van der Waals surface area contributed by atoms with Crippen LogP contribution in [0.1, 0.15) is 36.4 Å². The van der Waals surface area contributed by atoms with Crippen LogP contribution in [0.3, 0.4) is 0 Å². The van der Waals surface area contributed by atoms with E-state index in [1.807, 2.05) is 11.0 Å². The highest BCUT2D eigenvalue weighted by Crippen LogP contribution is 2.40. The lowest BCUT2D eigenvalue weighted by Gasteiger charge is -2.40. The second-order valence-corrected chi connectivity index (χ2v) is 6.99. The van der Waals surface area contributed by atoms with E-state index in [2.05, 4.69) is 0 Å². The highest BCUT2D eigenvalue weighted by Gasteiger charge is 2.36. The van der Waals surface area contributed by atoms with E-state index in [1.165, 1.54) is 13.2 Å². The van der Waals surface area contributed by atoms with Crippen LogP contribution in [0, 0.1) is 5.82 Å². The van der Waals surface area contributed by atoms with E-state index in [0.717, 1.165) is 18.4 Å². The van der Waals surface area contributed by atoms with Crippen LogP contribution in [0.25, 0.3) is 0 Å². The first kappa shape index (κ1) is 20.9. The third-order valence-corrected chi connectivity index (χ3v) is 5.38. The van der Waals surface area contributed by atoms with Crippen molar-refractivity contribution >= 4 is 5.97 Å². The van der Waals surface area contributed by atoms with E-state index in [0.29, 0.717) is 30.0 Å². The van der Waals surface area contributed by atoms with Gasteiger partial charge < -0.3 is 19.3 Å². The molecule has 29 heavy (non-hydrogen) atoms. The molecule has 156 valence electrons. The standard InChI is InChI=1S/C22H26FNO5/c1-27-15-8-10-19(28-2)16(13-15)21(14-7-9-20(29-3)17(23)12-14)24-11-5-4-6-18(24)22(25)26/h7-10,12-13,18,21H,4-6,11H2,1-3H3,(H,25,26). The van der Waals surface area contributed by atoms with E-state index in [4.69, 9.17) is 14.2 Å². The van der Waals surface area contributed by atoms with Crippen molar-refractivity contribution in [3.05, 3.63) is 53.3 Å². The van der Waals surface area contributed by atoms with E-state index >= 15 is 0 Å². The molecule has 2 atom stereocenters. The zero-order valence-electron chi connectivity index (χ0n) is 16.9. The Morgan fingerprint density at radius 1 is 1.07 bits per heavy atom. The Labute approximate surface area is 169 Å². The summed E-state index contributed by atoms with van der Waals surface area (Å²) in [7, 11) is 4.53. The lowest BCUT2D eigenvalue weighted by molar-refractivity contribution is -0.145. The number of benzene rings is 2. The number of methoxy groups -OCH3 is 3. The molecule has 1 N–H and O–H groups in total. The second-order valence-electron chi connectivity index (χ2n) is 6.99. The number of ether oxygens (including phenoxy) is 3. The van der Waals surface area contributed by atoms with Crippen LogP contribution in [-0.4, -0.2) is 49.9 Å². The number of halogens is 1. The van der Waals surface area contributed by atoms with Crippen molar-refractivity contribution in [2.75, 3.05) is 27.9 Å². The lowest BCUT2D eigenvalue weighted by Crippen LogP contribution is -2.47. The van der Waals surface area contributed by atoms with Crippen molar-refractivity contribution in [2.24, 2.45) is 0 Å². The molecule has 6 nitrogen and oxygen atoms in total. The van der Waals surface area contributed by atoms with Crippen molar-refractivity contribution in [1.82, 2.24) is 4.90 Å². The Morgan fingerprint density at radius 2 is 1.79 bits per heavy atom. The van der Waals surface area contributed by atoms with Crippen molar-refractivity contribution in [1.29, 1.82) is 0 Å². The van der Waals surface area contributed by atoms with Gasteiger partial charge in [-0.3, -0.25) is 9.69 Å². The van der Waals surface area contributed by atoms with Gasteiger partial charge in [0.05, 0.1) is 27.4 Å². The van der Waals surface area contributed by atoms with Crippen molar-refractivity contribution in [2.45, 2.75) is 31.3 Å². The number of aliphatic carboxylic acids is 1. The number of carbonyl (C=O) groups is 1. The zero-order chi connectivity index (χ0) is 21.0. The molecule has 0 amide bonds. The molecule has 0 bridgehead atoms. The molecule has 7 heteroatoms. The first-order chi connectivity index (χ1) is 14.0. The summed E-state index contributed by atoms with van der Waals surface area (Å²) in [4.78, 5) is 13.9. The Kier molecular flexibility index (Phi) is 6.59. The average molecular weight is 403 g/mol. The Hall–Kier alpha value is -2.80. The molecular weight excluding hydrogens is 377 g/mol. The van der Waals surface area contributed by atoms with E-state index < -0.39 is 23.9 Å². The fraction of sp³-hybridized carbons (Fsp3) is 0.409. The number of carboxylic acid groups (broad SMARTS) is 1. The number of likely N-dealkylation sites (tertiary alicyclic amines) is 1. The summed E-state index contributed by atoms with van der Waals surface area (Å²) in [5.74, 6) is -0.0461. The van der Waals surface area contributed by atoms with Gasteiger partial charge in [-0.2, -0.15) is 0 Å². The Balaban J connectivity index is 2.19. The van der Waals surface area contributed by atoms with Crippen LogP contribution in [0.2, 0.25) is 0 Å². The van der Waals surface area contributed by atoms with Crippen LogP contribution in [0.4, 0.5) is 4.39 Å². The lowest BCUT2D eigenvalue weighted by atomic mass is 9.91. The summed E-state index contributed by atoms with van der Waals surface area (Å²) in [6, 6.07) is 8.91. The molecule has 1 aliphatic rings. The molecular formula is C22H26FNO5. The summed E-state index contributed by atoms with van der Waals surface area (Å²) in [6.45, 7) is 0.579. The molecule has 1 heterocycles. The van der Waals surface area contributed by atoms with Crippen LogP contribution in [0.15, 0.2) is 36.4 Å². The largest absolute Gasteiger partial charge is 0.497 e. The zero-order valence-corrected chi connectivity index (χ0v) is 16.9. The third kappa shape index (κ3) is 4.29. The highest BCUT2D eigenvalue weighted by molar-refractivity contribution is 5.74. The Morgan fingerprint density at radius 3 is 2.41 bits per heavy atom. The molecule has 1 saturated heterocycles. The molecule has 0 aromatic heterocycles. The maximum atomic E-state index is 14.6. The molecule has 2 aromatic carbocycles. The smallest absolute Gasteiger partial charge is 0.320 e. The van der Waals surface area contributed by atoms with Gasteiger partial charge in [-0.05, 0) is 55.3 Å². The number of hydrogen-bond acceptors (Lipinski definition) is 5. The first-order valence-electron chi connectivity index (χ1n) is 9.54. The summed E-state index contributed by atoms with van der Waals surface area (Å²) in [6.07, 6.45) is 2.24. The van der Waals surface area contributed by atoms with Gasteiger partial charge in [0, 0.05) is 5.56 Å².